The van der Waals surface area contributed by atoms with Crippen molar-refractivity contribution in [3.8, 4) is 5.75 Å². The molecule has 0 aliphatic carbocycles. The third kappa shape index (κ3) is 4.21. The second-order valence-electron chi connectivity index (χ2n) is 6.15. The first-order chi connectivity index (χ1) is 10.3. The van der Waals surface area contributed by atoms with E-state index in [1.807, 2.05) is 12.1 Å². The zero-order chi connectivity index (χ0) is 16.3. The summed E-state index contributed by atoms with van der Waals surface area (Å²) in [6.07, 6.45) is 2.20. The summed E-state index contributed by atoms with van der Waals surface area (Å²) in [6.45, 7) is 6.23. The fourth-order valence-corrected chi connectivity index (χ4v) is 3.83. The molecule has 1 N–H and O–H groups in total. The molecule has 2 rings (SSSR count). The average Bonchev–Trinajstić information content (AvgIpc) is 2.93. The maximum Gasteiger partial charge on any atom is 0.211 e. The molecule has 1 aliphatic heterocycles. The lowest BCUT2D eigenvalue weighted by atomic mass is 10.0. The summed E-state index contributed by atoms with van der Waals surface area (Å²) in [6, 6.07) is 6.33. The minimum absolute atomic E-state index is 0.169. The third-order valence-electron chi connectivity index (χ3n) is 4.28. The maximum atomic E-state index is 11.5. The van der Waals surface area contributed by atoms with Crippen molar-refractivity contribution in [2.24, 2.45) is 5.92 Å². The van der Waals surface area contributed by atoms with Crippen molar-refractivity contribution in [2.45, 2.75) is 26.3 Å². The molecule has 1 saturated heterocycles. The summed E-state index contributed by atoms with van der Waals surface area (Å²) >= 11 is 0. The van der Waals surface area contributed by atoms with E-state index < -0.39 is 10.0 Å². The highest BCUT2D eigenvalue weighted by Gasteiger charge is 2.28. The van der Waals surface area contributed by atoms with Crippen LogP contribution >= 0.6 is 0 Å². The number of hydrogen-bond donors (Lipinski definition) is 1. The Kier molecular flexibility index (Phi) is 5.47. The van der Waals surface area contributed by atoms with Crippen molar-refractivity contribution in [3.63, 3.8) is 0 Å². The predicted octanol–water partition coefficient (Wildman–Crippen LogP) is 1.94. The number of ether oxygens (including phenoxy) is 1. The molecular formula is C16H26N2O3S. The molecule has 1 fully saturated rings. The highest BCUT2D eigenvalue weighted by atomic mass is 32.2. The lowest BCUT2D eigenvalue weighted by molar-refractivity contribution is 0.394. The number of nitrogens with zero attached hydrogens (tertiary/aromatic N) is 1. The highest BCUT2D eigenvalue weighted by molar-refractivity contribution is 7.88. The van der Waals surface area contributed by atoms with E-state index in [1.54, 1.807) is 11.4 Å². The largest absolute Gasteiger partial charge is 0.496 e. The molecule has 1 aromatic rings. The number of hydrogen-bond acceptors (Lipinski definition) is 4. The Morgan fingerprint density at radius 1 is 1.45 bits per heavy atom. The molecule has 1 heterocycles. The standard InChI is InChI=1S/C16H26N2O3S/c1-12-5-6-16(21-3)15(9-12)13(2)17-10-14-7-8-18(11-14)22(4,19)20/h5-6,9,13-14,17H,7-8,10-11H2,1-4H3/t13-,14+/m0/s1. The van der Waals surface area contributed by atoms with Crippen LogP contribution in [0.4, 0.5) is 0 Å². The van der Waals surface area contributed by atoms with Gasteiger partial charge in [0.2, 0.25) is 10.0 Å². The van der Waals surface area contributed by atoms with Gasteiger partial charge in [0.1, 0.15) is 5.75 Å². The Hall–Kier alpha value is -1.11. The molecule has 0 aromatic heterocycles. The normalized spacial score (nSPS) is 21.0. The monoisotopic (exact) mass is 326 g/mol. The summed E-state index contributed by atoms with van der Waals surface area (Å²) in [5.41, 5.74) is 2.34. The van der Waals surface area contributed by atoms with Crippen LogP contribution in [-0.4, -0.2) is 45.7 Å². The Morgan fingerprint density at radius 3 is 2.77 bits per heavy atom. The van der Waals surface area contributed by atoms with E-state index in [2.05, 4.69) is 25.2 Å². The van der Waals surface area contributed by atoms with Crippen molar-refractivity contribution < 1.29 is 13.2 Å². The van der Waals surface area contributed by atoms with E-state index in [1.165, 1.54) is 11.8 Å². The van der Waals surface area contributed by atoms with Crippen LogP contribution in [0, 0.1) is 12.8 Å². The average molecular weight is 326 g/mol. The summed E-state index contributed by atoms with van der Waals surface area (Å²) in [5, 5.41) is 3.51. The molecule has 124 valence electrons. The lowest BCUT2D eigenvalue weighted by Gasteiger charge is -2.20. The van der Waals surface area contributed by atoms with Crippen LogP contribution in [0.5, 0.6) is 5.75 Å². The zero-order valence-electron chi connectivity index (χ0n) is 13.8. The Morgan fingerprint density at radius 2 is 2.18 bits per heavy atom. The minimum Gasteiger partial charge on any atom is -0.496 e. The predicted molar refractivity (Wildman–Crippen MR) is 88.7 cm³/mol. The molecule has 22 heavy (non-hydrogen) atoms. The van der Waals surface area contributed by atoms with E-state index in [9.17, 15) is 8.42 Å². The van der Waals surface area contributed by atoms with Crippen LogP contribution in [-0.2, 0) is 10.0 Å². The molecule has 0 saturated carbocycles. The molecule has 6 heteroatoms. The molecule has 0 unspecified atom stereocenters. The van der Waals surface area contributed by atoms with Crippen LogP contribution in [0.15, 0.2) is 18.2 Å². The number of aryl methyl sites for hydroxylation is 1. The van der Waals surface area contributed by atoms with Gasteiger partial charge in [0.05, 0.1) is 13.4 Å². The van der Waals surface area contributed by atoms with Crippen LogP contribution in [0.25, 0.3) is 0 Å². The summed E-state index contributed by atoms with van der Waals surface area (Å²) in [7, 11) is -1.37. The van der Waals surface area contributed by atoms with Crippen LogP contribution < -0.4 is 10.1 Å². The molecule has 0 radical (unpaired) electrons. The van der Waals surface area contributed by atoms with Gasteiger partial charge < -0.3 is 10.1 Å². The van der Waals surface area contributed by atoms with Crippen molar-refractivity contribution in [2.75, 3.05) is 33.0 Å². The topological polar surface area (TPSA) is 58.6 Å². The molecule has 2 atom stereocenters. The molecule has 5 nitrogen and oxygen atoms in total. The van der Waals surface area contributed by atoms with Crippen LogP contribution in [0.3, 0.4) is 0 Å². The van der Waals surface area contributed by atoms with Crippen molar-refractivity contribution in [1.29, 1.82) is 0 Å². The van der Waals surface area contributed by atoms with Crippen molar-refractivity contribution in [1.82, 2.24) is 9.62 Å². The van der Waals surface area contributed by atoms with Crippen LogP contribution in [0.1, 0.15) is 30.5 Å². The zero-order valence-corrected chi connectivity index (χ0v) is 14.6. The number of rotatable bonds is 6. The first kappa shape index (κ1) is 17.2. The van der Waals surface area contributed by atoms with Gasteiger partial charge in [-0.1, -0.05) is 17.7 Å². The van der Waals surface area contributed by atoms with Gasteiger partial charge in [0, 0.05) is 24.7 Å². The molecular weight excluding hydrogens is 300 g/mol. The molecule has 0 spiro atoms. The smallest absolute Gasteiger partial charge is 0.211 e. The first-order valence-corrected chi connectivity index (χ1v) is 9.49. The number of methoxy groups -OCH3 is 1. The van der Waals surface area contributed by atoms with Gasteiger partial charge in [-0.25, -0.2) is 12.7 Å². The van der Waals surface area contributed by atoms with Crippen LogP contribution in [0.2, 0.25) is 0 Å². The summed E-state index contributed by atoms with van der Waals surface area (Å²) in [5.74, 6) is 1.25. The quantitative estimate of drug-likeness (QED) is 0.868. The fraction of sp³-hybridized carbons (Fsp3) is 0.625. The van der Waals surface area contributed by atoms with Gasteiger partial charge in [0.25, 0.3) is 0 Å². The Bertz CT molecular complexity index is 616. The second-order valence-corrected chi connectivity index (χ2v) is 8.13. The highest BCUT2D eigenvalue weighted by Crippen LogP contribution is 2.27. The van der Waals surface area contributed by atoms with Gasteiger partial charge >= 0.3 is 0 Å². The van der Waals surface area contributed by atoms with Gasteiger partial charge in [-0.05, 0) is 38.8 Å². The summed E-state index contributed by atoms with van der Waals surface area (Å²) in [4.78, 5) is 0. The molecule has 1 aliphatic rings. The second kappa shape index (κ2) is 6.98. The van der Waals surface area contributed by atoms with Crippen molar-refractivity contribution in [3.05, 3.63) is 29.3 Å². The Balaban J connectivity index is 1.94. The molecule has 0 amide bonds. The molecule has 0 bridgehead atoms. The maximum absolute atomic E-state index is 11.5. The van der Waals surface area contributed by atoms with E-state index in [0.717, 1.165) is 24.3 Å². The van der Waals surface area contributed by atoms with Crippen molar-refractivity contribution >= 4 is 10.0 Å². The minimum atomic E-state index is -3.06. The van der Waals surface area contributed by atoms with Gasteiger partial charge in [-0.2, -0.15) is 0 Å². The number of benzene rings is 1. The van der Waals surface area contributed by atoms with E-state index in [4.69, 9.17) is 4.74 Å². The number of nitrogens with one attached hydrogen (secondary N) is 1. The SMILES string of the molecule is COc1ccc(C)cc1[C@H](C)NC[C@H]1CCN(S(C)(=O)=O)C1. The van der Waals surface area contributed by atoms with Gasteiger partial charge in [-0.15, -0.1) is 0 Å². The van der Waals surface area contributed by atoms with E-state index in [-0.39, 0.29) is 6.04 Å². The summed E-state index contributed by atoms with van der Waals surface area (Å²) < 4.78 is 30.1. The Labute approximate surface area is 133 Å². The van der Waals surface area contributed by atoms with E-state index >= 15 is 0 Å². The number of sulfonamides is 1. The van der Waals surface area contributed by atoms with Gasteiger partial charge in [-0.3, -0.25) is 0 Å². The van der Waals surface area contributed by atoms with Gasteiger partial charge in [0.15, 0.2) is 0 Å². The third-order valence-corrected chi connectivity index (χ3v) is 5.55. The lowest BCUT2D eigenvalue weighted by Crippen LogP contribution is -2.31. The van der Waals surface area contributed by atoms with E-state index in [0.29, 0.717) is 19.0 Å². The fourth-order valence-electron chi connectivity index (χ4n) is 2.91. The first-order valence-electron chi connectivity index (χ1n) is 7.64. The molecule has 1 aromatic carbocycles.